The van der Waals surface area contributed by atoms with E-state index >= 15 is 0 Å². The van der Waals surface area contributed by atoms with Crippen molar-refractivity contribution in [1.82, 2.24) is 14.5 Å². The maximum atomic E-state index is 12.0. The monoisotopic (exact) mass is 261 g/mol. The molecule has 0 unspecified atom stereocenters. The molecule has 9 heteroatoms. The summed E-state index contributed by atoms with van der Waals surface area (Å²) in [6.07, 6.45) is 1.20. The van der Waals surface area contributed by atoms with Crippen molar-refractivity contribution in [1.29, 1.82) is 0 Å². The number of nitrogens with zero attached hydrogens (tertiary/aromatic N) is 2. The lowest BCUT2D eigenvalue weighted by Gasteiger charge is -2.19. The summed E-state index contributed by atoms with van der Waals surface area (Å²) in [5.74, 6) is -1.27. The maximum absolute atomic E-state index is 12.0. The minimum Gasteiger partial charge on any atom is -0.480 e. The van der Waals surface area contributed by atoms with Crippen LogP contribution in [0.4, 0.5) is 0 Å². The summed E-state index contributed by atoms with van der Waals surface area (Å²) in [5.41, 5.74) is 0. The van der Waals surface area contributed by atoms with Crippen molar-refractivity contribution in [2.75, 3.05) is 6.54 Å². The molecule has 0 aliphatic carbocycles. The van der Waals surface area contributed by atoms with Gasteiger partial charge < -0.3 is 10.2 Å². The average molecular weight is 261 g/mol. The molecule has 1 fully saturated rings. The fourth-order valence-electron chi connectivity index (χ4n) is 1.79. The summed E-state index contributed by atoms with van der Waals surface area (Å²) in [4.78, 5) is 10.8. The fraction of sp³-hybridized carbons (Fsp3) is 0.500. The highest BCUT2D eigenvalue weighted by atomic mass is 32.2. The second-order valence-corrected chi connectivity index (χ2v) is 5.64. The zero-order valence-corrected chi connectivity index (χ0v) is 9.46. The van der Waals surface area contributed by atoms with E-state index in [1.54, 1.807) is 0 Å². The van der Waals surface area contributed by atoms with Gasteiger partial charge in [0.1, 0.15) is 10.9 Å². The average Bonchev–Trinajstić information content (AvgIpc) is 2.84. The van der Waals surface area contributed by atoms with Crippen molar-refractivity contribution in [3.8, 4) is 0 Å². The van der Waals surface area contributed by atoms with Crippen LogP contribution in [0.2, 0.25) is 0 Å². The van der Waals surface area contributed by atoms with Gasteiger partial charge >= 0.3 is 5.97 Å². The zero-order chi connectivity index (χ0) is 12.6. The van der Waals surface area contributed by atoms with E-state index in [1.807, 2.05) is 0 Å². The number of aromatic amines is 1. The summed E-state index contributed by atoms with van der Waals surface area (Å²) in [5, 5.41) is 24.2. The molecule has 1 aromatic heterocycles. The standard InChI is InChI=1S/C8H11N3O5S/c12-5-1-7(8(13)14)11(4-5)17(15,16)6-2-9-10-3-6/h2-3,5,7,12H,1,4H2,(H,9,10)(H,13,14)/t5-,7-/m0/s1. The summed E-state index contributed by atoms with van der Waals surface area (Å²) < 4.78 is 24.9. The molecule has 0 aromatic carbocycles. The number of β-amino-alcohol motifs (C(OH)–C–C–N with tert-alkyl or cyclic N) is 1. The molecule has 0 radical (unpaired) electrons. The summed E-state index contributed by atoms with van der Waals surface area (Å²) in [7, 11) is -3.92. The number of carbonyl (C=O) groups is 1. The highest BCUT2D eigenvalue weighted by Crippen LogP contribution is 2.25. The van der Waals surface area contributed by atoms with Crippen molar-refractivity contribution < 1.29 is 23.4 Å². The molecule has 0 spiro atoms. The van der Waals surface area contributed by atoms with Crippen LogP contribution in [-0.2, 0) is 14.8 Å². The summed E-state index contributed by atoms with van der Waals surface area (Å²) in [6, 6.07) is -1.23. The largest absolute Gasteiger partial charge is 0.480 e. The molecule has 2 heterocycles. The van der Waals surface area contributed by atoms with E-state index in [0.717, 1.165) is 10.5 Å². The lowest BCUT2D eigenvalue weighted by atomic mass is 10.2. The number of hydrogen-bond donors (Lipinski definition) is 3. The van der Waals surface area contributed by atoms with Crippen LogP contribution in [0.1, 0.15) is 6.42 Å². The van der Waals surface area contributed by atoms with Gasteiger partial charge in [-0.3, -0.25) is 9.89 Å². The predicted molar refractivity (Wildman–Crippen MR) is 54.5 cm³/mol. The van der Waals surface area contributed by atoms with Crippen LogP contribution < -0.4 is 0 Å². The Morgan fingerprint density at radius 1 is 1.59 bits per heavy atom. The number of carboxylic acid groups (broad SMARTS) is 1. The van der Waals surface area contributed by atoms with E-state index in [-0.39, 0.29) is 17.9 Å². The Labute approximate surface area is 96.9 Å². The number of aliphatic hydroxyl groups is 1. The molecule has 17 heavy (non-hydrogen) atoms. The van der Waals surface area contributed by atoms with E-state index in [1.165, 1.54) is 6.20 Å². The Kier molecular flexibility index (Phi) is 2.89. The first kappa shape index (κ1) is 12.0. The van der Waals surface area contributed by atoms with Crippen LogP contribution in [0.25, 0.3) is 0 Å². The maximum Gasteiger partial charge on any atom is 0.322 e. The van der Waals surface area contributed by atoms with Crippen LogP contribution in [-0.4, -0.2) is 57.8 Å². The topological polar surface area (TPSA) is 124 Å². The third-order valence-corrected chi connectivity index (χ3v) is 4.44. The quantitative estimate of drug-likeness (QED) is 0.616. The van der Waals surface area contributed by atoms with E-state index in [4.69, 9.17) is 5.11 Å². The van der Waals surface area contributed by atoms with Crippen molar-refractivity contribution in [2.45, 2.75) is 23.5 Å². The van der Waals surface area contributed by atoms with Gasteiger partial charge in [0.05, 0.1) is 12.3 Å². The summed E-state index contributed by atoms with van der Waals surface area (Å²) >= 11 is 0. The van der Waals surface area contributed by atoms with Gasteiger partial charge in [-0.1, -0.05) is 0 Å². The molecule has 1 aliphatic heterocycles. The van der Waals surface area contributed by atoms with Gasteiger partial charge in [0.15, 0.2) is 0 Å². The third-order valence-electron chi connectivity index (χ3n) is 2.60. The van der Waals surface area contributed by atoms with E-state index < -0.39 is 28.1 Å². The second-order valence-electron chi connectivity index (χ2n) is 3.75. The molecule has 1 saturated heterocycles. The Bertz CT molecular complexity index is 511. The first-order chi connectivity index (χ1) is 7.93. The molecule has 0 amide bonds. The number of sulfonamides is 1. The van der Waals surface area contributed by atoms with E-state index in [9.17, 15) is 18.3 Å². The van der Waals surface area contributed by atoms with Gasteiger partial charge in [-0.15, -0.1) is 0 Å². The SMILES string of the molecule is O=C(O)[C@@H]1C[C@H](O)CN1S(=O)(=O)c1cn[nH]c1. The van der Waals surface area contributed by atoms with Gasteiger partial charge in [0, 0.05) is 19.2 Å². The molecule has 0 bridgehead atoms. The second kappa shape index (κ2) is 4.09. The molecule has 2 rings (SSSR count). The third kappa shape index (κ3) is 2.04. The van der Waals surface area contributed by atoms with Crippen LogP contribution in [0.15, 0.2) is 17.3 Å². The van der Waals surface area contributed by atoms with Crippen molar-refractivity contribution in [3.05, 3.63) is 12.4 Å². The Hall–Kier alpha value is -1.45. The molecule has 8 nitrogen and oxygen atoms in total. The molecule has 94 valence electrons. The van der Waals surface area contributed by atoms with Gasteiger partial charge in [0.25, 0.3) is 0 Å². The smallest absolute Gasteiger partial charge is 0.322 e. The highest BCUT2D eigenvalue weighted by molar-refractivity contribution is 7.89. The normalized spacial score (nSPS) is 26.2. The lowest BCUT2D eigenvalue weighted by Crippen LogP contribution is -2.40. The Morgan fingerprint density at radius 2 is 2.29 bits per heavy atom. The molecule has 3 N–H and O–H groups in total. The molecule has 1 aromatic rings. The van der Waals surface area contributed by atoms with E-state index in [0.29, 0.717) is 0 Å². The number of H-pyrrole nitrogens is 1. The van der Waals surface area contributed by atoms with Crippen LogP contribution in [0.3, 0.4) is 0 Å². The number of aliphatic hydroxyl groups excluding tert-OH is 1. The number of carboxylic acids is 1. The van der Waals surface area contributed by atoms with Gasteiger partial charge in [0.2, 0.25) is 10.0 Å². The molecule has 1 aliphatic rings. The predicted octanol–water partition coefficient (Wildman–Crippen LogP) is -1.38. The minimum atomic E-state index is -3.92. The highest BCUT2D eigenvalue weighted by Gasteiger charge is 2.43. The van der Waals surface area contributed by atoms with Crippen molar-refractivity contribution >= 4 is 16.0 Å². The zero-order valence-electron chi connectivity index (χ0n) is 8.65. The summed E-state index contributed by atoms with van der Waals surface area (Å²) in [6.45, 7) is -0.218. The van der Waals surface area contributed by atoms with Gasteiger partial charge in [-0.05, 0) is 0 Å². The molecular weight excluding hydrogens is 250 g/mol. The first-order valence-corrected chi connectivity index (χ1v) is 6.28. The molecule has 0 saturated carbocycles. The minimum absolute atomic E-state index is 0.105. The number of hydrogen-bond acceptors (Lipinski definition) is 5. The van der Waals surface area contributed by atoms with Crippen molar-refractivity contribution in [3.63, 3.8) is 0 Å². The van der Waals surface area contributed by atoms with Gasteiger partial charge in [-0.25, -0.2) is 8.42 Å². The Balaban J connectivity index is 2.36. The lowest BCUT2D eigenvalue weighted by molar-refractivity contribution is -0.140. The van der Waals surface area contributed by atoms with Crippen molar-refractivity contribution in [2.24, 2.45) is 0 Å². The number of rotatable bonds is 3. The molecular formula is C8H11N3O5S. The van der Waals surface area contributed by atoms with Crippen LogP contribution in [0, 0.1) is 0 Å². The number of nitrogens with one attached hydrogen (secondary N) is 1. The van der Waals surface area contributed by atoms with E-state index in [2.05, 4.69) is 10.2 Å². The fourth-order valence-corrected chi connectivity index (χ4v) is 3.33. The van der Waals surface area contributed by atoms with Crippen LogP contribution >= 0.6 is 0 Å². The van der Waals surface area contributed by atoms with Crippen LogP contribution in [0.5, 0.6) is 0 Å². The number of aliphatic carboxylic acids is 1. The first-order valence-electron chi connectivity index (χ1n) is 4.84. The number of aromatic nitrogens is 2. The molecule has 2 atom stereocenters. The Morgan fingerprint density at radius 3 is 2.82 bits per heavy atom. The van der Waals surface area contributed by atoms with Gasteiger partial charge in [-0.2, -0.15) is 9.40 Å².